The molecule has 0 atom stereocenters. The molecule has 32 heavy (non-hydrogen) atoms. The zero-order valence-corrected chi connectivity index (χ0v) is 19.8. The van der Waals surface area contributed by atoms with Gasteiger partial charge in [0.1, 0.15) is 5.75 Å². The Labute approximate surface area is 193 Å². The zero-order valence-electron chi connectivity index (χ0n) is 18.2. The lowest BCUT2D eigenvalue weighted by atomic mass is 10.2. The van der Waals surface area contributed by atoms with E-state index in [9.17, 15) is 13.2 Å². The molecule has 0 unspecified atom stereocenters. The second-order valence-corrected chi connectivity index (χ2v) is 10.3. The minimum Gasteiger partial charge on any atom is -0.483 e. The van der Waals surface area contributed by atoms with Crippen LogP contribution in [0.5, 0.6) is 5.75 Å². The molecule has 0 aromatic heterocycles. The van der Waals surface area contributed by atoms with E-state index in [0.29, 0.717) is 17.0 Å². The number of anilines is 1. The molecule has 1 amide bonds. The Bertz CT molecular complexity index is 1180. The molecule has 0 heterocycles. The fraction of sp³-hybridized carbons (Fsp3) is 0.208. The lowest BCUT2D eigenvalue weighted by Gasteiger charge is -2.14. The minimum atomic E-state index is -3.59. The van der Waals surface area contributed by atoms with Crippen molar-refractivity contribution >= 4 is 33.4 Å². The van der Waals surface area contributed by atoms with Crippen LogP contribution in [0.3, 0.4) is 0 Å². The fourth-order valence-corrected chi connectivity index (χ4v) is 5.19. The van der Waals surface area contributed by atoms with Crippen LogP contribution in [-0.2, 0) is 14.8 Å². The van der Waals surface area contributed by atoms with Crippen molar-refractivity contribution in [1.82, 2.24) is 4.72 Å². The molecule has 0 saturated carbocycles. The van der Waals surface area contributed by atoms with Crippen LogP contribution in [0.4, 0.5) is 5.69 Å². The molecule has 6 nitrogen and oxygen atoms in total. The number of carbonyl (C=O) groups excluding carboxylic acids is 1. The van der Waals surface area contributed by atoms with E-state index >= 15 is 0 Å². The summed E-state index contributed by atoms with van der Waals surface area (Å²) in [6.07, 6.45) is 0. The predicted octanol–water partition coefficient (Wildman–Crippen LogP) is 4.85. The van der Waals surface area contributed by atoms with Crippen LogP contribution in [0.2, 0.25) is 0 Å². The smallest absolute Gasteiger partial charge is 0.262 e. The van der Waals surface area contributed by atoms with Gasteiger partial charge < -0.3 is 10.1 Å². The number of para-hydroxylation sites is 1. The minimum absolute atomic E-state index is 0.160. The number of rotatable bonds is 9. The highest BCUT2D eigenvalue weighted by Crippen LogP contribution is 2.33. The molecule has 0 radical (unpaired) electrons. The molecule has 3 aromatic rings. The van der Waals surface area contributed by atoms with Crippen molar-refractivity contribution in [2.45, 2.75) is 41.5 Å². The van der Waals surface area contributed by atoms with Crippen LogP contribution in [0, 0.1) is 6.92 Å². The lowest BCUT2D eigenvalue weighted by Crippen LogP contribution is -2.30. The Hall–Kier alpha value is -2.81. The first-order valence-electron chi connectivity index (χ1n) is 10.1. The number of amides is 1. The van der Waals surface area contributed by atoms with Crippen LogP contribution in [-0.4, -0.2) is 27.0 Å². The molecular weight excluding hydrogens is 444 g/mol. The number of hydrogen-bond acceptors (Lipinski definition) is 5. The van der Waals surface area contributed by atoms with Gasteiger partial charge in [-0.1, -0.05) is 42.1 Å². The van der Waals surface area contributed by atoms with E-state index in [0.717, 1.165) is 9.79 Å². The number of aryl methyl sites for hydroxylation is 1. The van der Waals surface area contributed by atoms with Gasteiger partial charge in [-0.05, 0) is 68.8 Å². The lowest BCUT2D eigenvalue weighted by molar-refractivity contribution is -0.118. The van der Waals surface area contributed by atoms with Crippen molar-refractivity contribution < 1.29 is 17.9 Å². The van der Waals surface area contributed by atoms with E-state index in [1.54, 1.807) is 38.6 Å². The van der Waals surface area contributed by atoms with E-state index in [1.807, 2.05) is 54.6 Å². The third kappa shape index (κ3) is 6.59. The second-order valence-electron chi connectivity index (χ2n) is 7.45. The van der Waals surface area contributed by atoms with Gasteiger partial charge >= 0.3 is 0 Å². The maximum Gasteiger partial charge on any atom is 0.262 e. The Morgan fingerprint density at radius 2 is 1.69 bits per heavy atom. The maximum atomic E-state index is 12.5. The molecule has 8 heteroatoms. The van der Waals surface area contributed by atoms with Gasteiger partial charge in [-0.15, -0.1) is 0 Å². The molecule has 168 valence electrons. The summed E-state index contributed by atoms with van der Waals surface area (Å²) in [5.74, 6) is 0.152. The van der Waals surface area contributed by atoms with Crippen LogP contribution < -0.4 is 14.8 Å². The maximum absolute atomic E-state index is 12.5. The molecule has 0 saturated heterocycles. The molecule has 0 aliphatic carbocycles. The fourth-order valence-electron chi connectivity index (χ4n) is 2.93. The highest BCUT2D eigenvalue weighted by Gasteiger charge is 2.17. The largest absolute Gasteiger partial charge is 0.483 e. The summed E-state index contributed by atoms with van der Waals surface area (Å²) in [7, 11) is -3.59. The molecule has 0 spiro atoms. The van der Waals surface area contributed by atoms with Gasteiger partial charge in [-0.3, -0.25) is 4.79 Å². The first-order chi connectivity index (χ1) is 15.2. The van der Waals surface area contributed by atoms with Crippen molar-refractivity contribution in [3.05, 3.63) is 78.4 Å². The summed E-state index contributed by atoms with van der Waals surface area (Å²) < 4.78 is 32.8. The first kappa shape index (κ1) is 23.8. The van der Waals surface area contributed by atoms with E-state index in [1.165, 1.54) is 12.1 Å². The number of benzene rings is 3. The van der Waals surface area contributed by atoms with Crippen LogP contribution >= 0.6 is 11.8 Å². The predicted molar refractivity (Wildman–Crippen MR) is 128 cm³/mol. The molecule has 3 rings (SSSR count). The number of ether oxygens (including phenoxy) is 1. The van der Waals surface area contributed by atoms with Crippen molar-refractivity contribution in [2.75, 3.05) is 11.9 Å². The normalized spacial score (nSPS) is 11.4. The Morgan fingerprint density at radius 1 is 1.00 bits per heavy atom. The van der Waals surface area contributed by atoms with Crippen LogP contribution in [0.25, 0.3) is 0 Å². The van der Waals surface area contributed by atoms with Gasteiger partial charge in [0.05, 0.1) is 10.6 Å². The van der Waals surface area contributed by atoms with Crippen molar-refractivity contribution in [2.24, 2.45) is 0 Å². The van der Waals surface area contributed by atoms with E-state index in [-0.39, 0.29) is 23.5 Å². The molecule has 0 aliphatic heterocycles. The summed E-state index contributed by atoms with van der Waals surface area (Å²) >= 11 is 1.56. The summed E-state index contributed by atoms with van der Waals surface area (Å²) in [6, 6.07) is 21.8. The molecule has 2 N–H and O–H groups in total. The van der Waals surface area contributed by atoms with E-state index in [4.69, 9.17) is 4.74 Å². The third-order valence-electron chi connectivity index (χ3n) is 4.34. The molecule has 0 bridgehead atoms. The molecule has 3 aromatic carbocycles. The molecule has 0 fully saturated rings. The number of sulfonamides is 1. The average molecular weight is 471 g/mol. The number of hydrogen-bond donors (Lipinski definition) is 2. The van der Waals surface area contributed by atoms with Gasteiger partial charge in [0.2, 0.25) is 10.0 Å². The summed E-state index contributed by atoms with van der Waals surface area (Å²) in [5, 5.41) is 2.89. The number of carbonyl (C=O) groups is 1. The molecule has 0 aliphatic rings. The number of nitrogens with one attached hydrogen (secondary N) is 2. The van der Waals surface area contributed by atoms with E-state index < -0.39 is 10.0 Å². The Balaban J connectivity index is 1.63. The topological polar surface area (TPSA) is 84.5 Å². The Kier molecular flexibility index (Phi) is 7.95. The summed E-state index contributed by atoms with van der Waals surface area (Å²) in [4.78, 5) is 14.7. The van der Waals surface area contributed by atoms with Gasteiger partial charge in [-0.2, -0.15) is 0 Å². The standard InChI is InChI=1S/C24H26N2O4S2/c1-17(2)26-32(28,29)20-13-14-22(18(3)15-20)30-16-24(27)25-21-11-7-8-12-23(21)31-19-9-5-4-6-10-19/h4-15,17,26H,16H2,1-3H3,(H,25,27). The van der Waals surface area contributed by atoms with Crippen molar-refractivity contribution in [3.63, 3.8) is 0 Å². The summed E-state index contributed by atoms with van der Waals surface area (Å²) in [5.41, 5.74) is 1.33. The third-order valence-corrected chi connectivity index (χ3v) is 7.08. The highest BCUT2D eigenvalue weighted by molar-refractivity contribution is 7.99. The SMILES string of the molecule is Cc1cc(S(=O)(=O)NC(C)C)ccc1OCC(=O)Nc1ccccc1Sc1ccccc1. The Morgan fingerprint density at radius 3 is 2.38 bits per heavy atom. The second kappa shape index (κ2) is 10.7. The monoisotopic (exact) mass is 470 g/mol. The quantitative estimate of drug-likeness (QED) is 0.467. The zero-order chi connectivity index (χ0) is 23.1. The van der Waals surface area contributed by atoms with Gasteiger partial charge in [-0.25, -0.2) is 13.1 Å². The van der Waals surface area contributed by atoms with Crippen LogP contribution in [0.15, 0.2) is 87.5 Å². The van der Waals surface area contributed by atoms with Crippen LogP contribution in [0.1, 0.15) is 19.4 Å². The van der Waals surface area contributed by atoms with Gasteiger partial charge in [0, 0.05) is 15.8 Å². The van der Waals surface area contributed by atoms with Crippen molar-refractivity contribution in [1.29, 1.82) is 0 Å². The first-order valence-corrected chi connectivity index (χ1v) is 12.4. The van der Waals surface area contributed by atoms with Crippen molar-refractivity contribution in [3.8, 4) is 5.75 Å². The summed E-state index contributed by atoms with van der Waals surface area (Å²) in [6.45, 7) is 5.07. The average Bonchev–Trinajstić information content (AvgIpc) is 2.74. The van der Waals surface area contributed by atoms with E-state index in [2.05, 4.69) is 10.0 Å². The highest BCUT2D eigenvalue weighted by atomic mass is 32.2. The van der Waals surface area contributed by atoms with Gasteiger partial charge in [0.15, 0.2) is 6.61 Å². The molecular formula is C24H26N2O4S2. The van der Waals surface area contributed by atoms with Gasteiger partial charge in [0.25, 0.3) is 5.91 Å².